The molecule has 1 aromatic rings. The van der Waals surface area contributed by atoms with Gasteiger partial charge in [-0.1, -0.05) is 13.8 Å². The van der Waals surface area contributed by atoms with Crippen LogP contribution in [-0.4, -0.2) is 50.2 Å². The first-order valence-corrected chi connectivity index (χ1v) is 8.18. The molecular formula is C18H25NO5. The number of ether oxygens (including phenoxy) is 3. The summed E-state index contributed by atoms with van der Waals surface area (Å²) in [6.07, 6.45) is 1.12. The molecule has 1 aromatic carbocycles. The largest absolute Gasteiger partial charge is 0.497 e. The monoisotopic (exact) mass is 335 g/mol. The van der Waals surface area contributed by atoms with Gasteiger partial charge < -0.3 is 19.1 Å². The van der Waals surface area contributed by atoms with Crippen molar-refractivity contribution >= 4 is 11.9 Å². The van der Waals surface area contributed by atoms with Crippen LogP contribution in [0.25, 0.3) is 0 Å². The molecule has 6 heteroatoms. The zero-order valence-electron chi connectivity index (χ0n) is 14.5. The van der Waals surface area contributed by atoms with Gasteiger partial charge in [-0.2, -0.15) is 0 Å². The fraction of sp³-hybridized carbons (Fsp3) is 0.556. The lowest BCUT2D eigenvalue weighted by Crippen LogP contribution is -2.44. The summed E-state index contributed by atoms with van der Waals surface area (Å²) in [6.45, 7) is 5.25. The summed E-state index contributed by atoms with van der Waals surface area (Å²) in [5.74, 6) is 1.50. The molecule has 0 radical (unpaired) electrons. The zero-order chi connectivity index (χ0) is 17.5. The van der Waals surface area contributed by atoms with Gasteiger partial charge in [0.25, 0.3) is 5.91 Å². The van der Waals surface area contributed by atoms with E-state index in [1.807, 2.05) is 0 Å². The highest BCUT2D eigenvalue weighted by Crippen LogP contribution is 2.21. The third kappa shape index (κ3) is 5.44. The molecule has 0 aliphatic carbocycles. The molecule has 0 saturated carbocycles. The van der Waals surface area contributed by atoms with Crippen LogP contribution < -0.4 is 9.47 Å². The van der Waals surface area contributed by atoms with Crippen molar-refractivity contribution in [2.75, 3.05) is 33.4 Å². The van der Waals surface area contributed by atoms with Gasteiger partial charge in [0.2, 0.25) is 0 Å². The number of nitrogens with zero attached hydrogens (tertiary/aromatic N) is 1. The van der Waals surface area contributed by atoms with Crippen LogP contribution in [0.2, 0.25) is 0 Å². The first-order chi connectivity index (χ1) is 11.5. The highest BCUT2D eigenvalue weighted by molar-refractivity contribution is 5.81. The number of piperidine rings is 1. The summed E-state index contributed by atoms with van der Waals surface area (Å²) in [5.41, 5.74) is 0. The van der Waals surface area contributed by atoms with Crippen LogP contribution in [0.4, 0.5) is 0 Å². The van der Waals surface area contributed by atoms with Gasteiger partial charge in [0.05, 0.1) is 7.11 Å². The van der Waals surface area contributed by atoms with Crippen LogP contribution in [0.5, 0.6) is 11.5 Å². The number of hydrogen-bond donors (Lipinski definition) is 0. The lowest BCUT2D eigenvalue weighted by atomic mass is 9.92. The van der Waals surface area contributed by atoms with Crippen LogP contribution in [-0.2, 0) is 14.3 Å². The Hall–Kier alpha value is -2.24. The Morgan fingerprint density at radius 1 is 1.04 bits per heavy atom. The Balaban J connectivity index is 1.71. The van der Waals surface area contributed by atoms with Crippen molar-refractivity contribution in [2.24, 2.45) is 11.8 Å². The van der Waals surface area contributed by atoms with E-state index < -0.39 is 5.97 Å². The van der Waals surface area contributed by atoms with E-state index in [-0.39, 0.29) is 19.1 Å². The number of benzene rings is 1. The second kappa shape index (κ2) is 8.57. The van der Waals surface area contributed by atoms with Crippen molar-refractivity contribution < 1.29 is 23.8 Å². The van der Waals surface area contributed by atoms with Gasteiger partial charge in [0.15, 0.2) is 13.2 Å². The Bertz CT molecular complexity index is 547. The Kier molecular flexibility index (Phi) is 6.46. The summed E-state index contributed by atoms with van der Waals surface area (Å²) in [4.78, 5) is 25.6. The average Bonchev–Trinajstić information content (AvgIpc) is 2.57. The van der Waals surface area contributed by atoms with E-state index in [4.69, 9.17) is 14.2 Å². The number of carbonyl (C=O) groups excluding carboxylic acids is 2. The minimum absolute atomic E-state index is 0.147. The molecule has 2 unspecified atom stereocenters. The number of rotatable bonds is 6. The van der Waals surface area contributed by atoms with Gasteiger partial charge in [-0.15, -0.1) is 0 Å². The summed E-state index contributed by atoms with van der Waals surface area (Å²) >= 11 is 0. The smallest absolute Gasteiger partial charge is 0.344 e. The number of esters is 1. The van der Waals surface area contributed by atoms with E-state index in [1.165, 1.54) is 0 Å². The first-order valence-electron chi connectivity index (χ1n) is 8.18. The number of amides is 1. The standard InChI is InChI=1S/C18H25NO5/c1-13-8-14(2)10-19(9-13)17(20)11-24-18(21)12-23-16-6-4-15(22-3)5-7-16/h4-7,13-14H,8-12H2,1-3H3. The van der Waals surface area contributed by atoms with Crippen LogP contribution in [0, 0.1) is 11.8 Å². The molecule has 24 heavy (non-hydrogen) atoms. The highest BCUT2D eigenvalue weighted by atomic mass is 16.6. The lowest BCUT2D eigenvalue weighted by Gasteiger charge is -2.34. The summed E-state index contributed by atoms with van der Waals surface area (Å²) in [6, 6.07) is 6.88. The molecule has 0 N–H and O–H groups in total. The van der Waals surface area contributed by atoms with Crippen LogP contribution in [0.15, 0.2) is 24.3 Å². The van der Waals surface area contributed by atoms with E-state index in [9.17, 15) is 9.59 Å². The fourth-order valence-electron chi connectivity index (χ4n) is 2.96. The molecule has 0 bridgehead atoms. The Morgan fingerprint density at radius 2 is 1.62 bits per heavy atom. The maximum Gasteiger partial charge on any atom is 0.344 e. The van der Waals surface area contributed by atoms with Crippen LogP contribution in [0.3, 0.4) is 0 Å². The molecular weight excluding hydrogens is 310 g/mol. The summed E-state index contributed by atoms with van der Waals surface area (Å²) < 4.78 is 15.4. The molecule has 1 amide bonds. The second-order valence-corrected chi connectivity index (χ2v) is 6.37. The van der Waals surface area contributed by atoms with Gasteiger partial charge in [-0.3, -0.25) is 4.79 Å². The van der Waals surface area contributed by atoms with Crippen molar-refractivity contribution in [3.05, 3.63) is 24.3 Å². The van der Waals surface area contributed by atoms with E-state index in [2.05, 4.69) is 13.8 Å². The quantitative estimate of drug-likeness (QED) is 0.745. The summed E-state index contributed by atoms with van der Waals surface area (Å²) in [5, 5.41) is 0. The number of methoxy groups -OCH3 is 1. The maximum atomic E-state index is 12.1. The van der Waals surface area contributed by atoms with Crippen LogP contribution in [0.1, 0.15) is 20.3 Å². The third-order valence-corrected chi connectivity index (χ3v) is 3.99. The number of likely N-dealkylation sites (tertiary alicyclic amines) is 1. The van der Waals surface area contributed by atoms with E-state index in [0.29, 0.717) is 23.3 Å². The van der Waals surface area contributed by atoms with Crippen molar-refractivity contribution in [3.63, 3.8) is 0 Å². The predicted molar refractivity (Wildman–Crippen MR) is 89.0 cm³/mol. The topological polar surface area (TPSA) is 65.1 Å². The van der Waals surface area contributed by atoms with Gasteiger partial charge in [-0.05, 0) is 42.5 Å². The minimum Gasteiger partial charge on any atom is -0.497 e. The van der Waals surface area contributed by atoms with Gasteiger partial charge in [0, 0.05) is 13.1 Å². The lowest BCUT2D eigenvalue weighted by molar-refractivity contribution is -0.154. The van der Waals surface area contributed by atoms with Gasteiger partial charge in [0.1, 0.15) is 11.5 Å². The maximum absolute atomic E-state index is 12.1. The zero-order valence-corrected chi connectivity index (χ0v) is 14.5. The van der Waals surface area contributed by atoms with Crippen molar-refractivity contribution in [3.8, 4) is 11.5 Å². The molecule has 1 aliphatic heterocycles. The number of carbonyl (C=O) groups is 2. The normalized spacial score (nSPS) is 20.4. The molecule has 1 heterocycles. The fourth-order valence-corrected chi connectivity index (χ4v) is 2.96. The number of hydrogen-bond acceptors (Lipinski definition) is 5. The molecule has 1 fully saturated rings. The van der Waals surface area contributed by atoms with Crippen molar-refractivity contribution in [1.29, 1.82) is 0 Å². The molecule has 2 rings (SSSR count). The molecule has 1 saturated heterocycles. The average molecular weight is 335 g/mol. The minimum atomic E-state index is -0.558. The molecule has 0 aromatic heterocycles. The second-order valence-electron chi connectivity index (χ2n) is 6.37. The van der Waals surface area contributed by atoms with E-state index in [0.717, 1.165) is 19.5 Å². The highest BCUT2D eigenvalue weighted by Gasteiger charge is 2.25. The molecule has 6 nitrogen and oxygen atoms in total. The Morgan fingerprint density at radius 3 is 2.21 bits per heavy atom. The summed E-state index contributed by atoms with van der Waals surface area (Å²) in [7, 11) is 1.58. The van der Waals surface area contributed by atoms with Gasteiger partial charge in [-0.25, -0.2) is 4.79 Å². The molecule has 2 atom stereocenters. The van der Waals surface area contributed by atoms with Crippen molar-refractivity contribution in [1.82, 2.24) is 4.90 Å². The van der Waals surface area contributed by atoms with Crippen LogP contribution >= 0.6 is 0 Å². The predicted octanol–water partition coefficient (Wildman–Crippen LogP) is 2.12. The third-order valence-electron chi connectivity index (χ3n) is 3.99. The van der Waals surface area contributed by atoms with E-state index in [1.54, 1.807) is 36.3 Å². The molecule has 132 valence electrons. The van der Waals surface area contributed by atoms with E-state index >= 15 is 0 Å². The molecule has 1 aliphatic rings. The SMILES string of the molecule is COc1ccc(OCC(=O)OCC(=O)N2CC(C)CC(C)C2)cc1. The molecule has 0 spiro atoms. The van der Waals surface area contributed by atoms with Crippen molar-refractivity contribution in [2.45, 2.75) is 20.3 Å². The van der Waals surface area contributed by atoms with Gasteiger partial charge >= 0.3 is 5.97 Å². The first kappa shape index (κ1) is 18.1. The Labute approximate surface area is 142 Å².